The van der Waals surface area contributed by atoms with E-state index in [1.807, 2.05) is 43.5 Å². The Balaban J connectivity index is 1.45. The van der Waals surface area contributed by atoms with Crippen LogP contribution in [-0.4, -0.2) is 70.6 Å². The molecule has 9 heteroatoms. The van der Waals surface area contributed by atoms with Crippen LogP contribution in [0, 0.1) is 11.8 Å². The first kappa shape index (κ1) is 29.0. The summed E-state index contributed by atoms with van der Waals surface area (Å²) in [7, 11) is 0. The molecule has 8 nitrogen and oxygen atoms in total. The monoisotopic (exact) mass is 552 g/mol. The zero-order valence-corrected chi connectivity index (χ0v) is 24.1. The Kier molecular flexibility index (Phi) is 9.23. The fraction of sp³-hybridized carbons (Fsp3) is 0.533. The molecule has 4 atom stereocenters. The van der Waals surface area contributed by atoms with E-state index in [2.05, 4.69) is 19.2 Å². The van der Waals surface area contributed by atoms with Crippen molar-refractivity contribution >= 4 is 34.8 Å². The van der Waals surface area contributed by atoms with Gasteiger partial charge in [-0.3, -0.25) is 19.2 Å². The topological polar surface area (TPSA) is 113 Å². The lowest BCUT2D eigenvalue weighted by Crippen LogP contribution is -2.53. The van der Waals surface area contributed by atoms with E-state index >= 15 is 0 Å². The van der Waals surface area contributed by atoms with Gasteiger partial charge >= 0.3 is 0 Å². The number of ketones is 1. The summed E-state index contributed by atoms with van der Waals surface area (Å²) in [5.41, 5.74) is 7.69. The van der Waals surface area contributed by atoms with Crippen molar-refractivity contribution in [3.8, 4) is 10.4 Å². The van der Waals surface area contributed by atoms with E-state index in [9.17, 15) is 19.2 Å². The van der Waals surface area contributed by atoms with E-state index in [1.165, 1.54) is 0 Å². The van der Waals surface area contributed by atoms with Gasteiger partial charge in [-0.05, 0) is 66.7 Å². The number of benzene rings is 1. The van der Waals surface area contributed by atoms with Crippen LogP contribution in [0.15, 0.2) is 41.8 Å². The molecule has 39 heavy (non-hydrogen) atoms. The molecule has 2 aliphatic rings. The largest absolute Gasteiger partial charge is 0.340 e. The molecule has 4 unspecified atom stereocenters. The highest BCUT2D eigenvalue weighted by molar-refractivity contribution is 7.13. The number of amides is 3. The van der Waals surface area contributed by atoms with Gasteiger partial charge in [-0.1, -0.05) is 45.9 Å². The molecule has 0 radical (unpaired) electrons. The summed E-state index contributed by atoms with van der Waals surface area (Å²) in [6.45, 7) is 8.50. The third-order valence-corrected chi connectivity index (χ3v) is 8.54. The van der Waals surface area contributed by atoms with Gasteiger partial charge in [0.15, 0.2) is 5.78 Å². The quantitative estimate of drug-likeness (QED) is 0.467. The second-order valence-corrected chi connectivity index (χ2v) is 12.5. The predicted octanol–water partition coefficient (Wildman–Crippen LogP) is 3.70. The summed E-state index contributed by atoms with van der Waals surface area (Å²) in [5, 5.41) is 4.94. The summed E-state index contributed by atoms with van der Waals surface area (Å²) in [6.07, 6.45) is 2.37. The van der Waals surface area contributed by atoms with Crippen molar-refractivity contribution in [2.24, 2.45) is 17.6 Å². The van der Waals surface area contributed by atoms with E-state index < -0.39 is 18.1 Å². The molecule has 2 aromatic rings. The van der Waals surface area contributed by atoms with Crippen LogP contribution < -0.4 is 11.1 Å². The van der Waals surface area contributed by atoms with E-state index in [0.29, 0.717) is 37.3 Å². The standard InChI is InChI=1S/C30H40N4O4S/c1-18(2)7-12-22(31)29(37)34-17-25(35)27-24(34)13-14-33(27)30(38)23(16-19(3)4)32-28(36)21-10-8-20(9-11-21)26-6-5-15-39-26/h5-6,8-11,15,18-19,22-24,27H,7,12-14,16-17,31H2,1-4H3,(H,32,36). The Morgan fingerprint density at radius 2 is 1.72 bits per heavy atom. The number of likely N-dealkylation sites (tertiary alicyclic amines) is 2. The number of Topliss-reactive ketones (excluding diaryl/α,β-unsaturated/α-hetero) is 1. The number of fused-ring (bicyclic) bond motifs is 1. The zero-order chi connectivity index (χ0) is 28.3. The van der Waals surface area contributed by atoms with Gasteiger partial charge in [0.1, 0.15) is 12.1 Å². The number of carbonyl (C=O) groups excluding carboxylic acids is 4. The molecule has 3 amide bonds. The summed E-state index contributed by atoms with van der Waals surface area (Å²) >= 11 is 1.63. The summed E-state index contributed by atoms with van der Waals surface area (Å²) in [4.78, 5) is 57.4. The number of hydrogen-bond donors (Lipinski definition) is 2. The molecular formula is C30H40N4O4S. The third-order valence-electron chi connectivity index (χ3n) is 7.62. The predicted molar refractivity (Wildman–Crippen MR) is 153 cm³/mol. The van der Waals surface area contributed by atoms with Gasteiger partial charge in [0, 0.05) is 17.0 Å². The van der Waals surface area contributed by atoms with Crippen LogP contribution in [0.25, 0.3) is 10.4 Å². The van der Waals surface area contributed by atoms with Gasteiger partial charge < -0.3 is 20.9 Å². The van der Waals surface area contributed by atoms with Crippen molar-refractivity contribution in [1.29, 1.82) is 0 Å². The minimum absolute atomic E-state index is 0.0227. The second kappa shape index (κ2) is 12.4. The third kappa shape index (κ3) is 6.58. The van der Waals surface area contributed by atoms with E-state index in [1.54, 1.807) is 33.3 Å². The van der Waals surface area contributed by atoms with E-state index in [4.69, 9.17) is 5.73 Å². The average Bonchev–Trinajstić information content (AvgIpc) is 3.65. The fourth-order valence-corrected chi connectivity index (χ4v) is 6.30. The Labute approximate surface area is 234 Å². The molecule has 3 heterocycles. The Morgan fingerprint density at radius 3 is 2.33 bits per heavy atom. The lowest BCUT2D eigenvalue weighted by atomic mass is 10.0. The van der Waals surface area contributed by atoms with Crippen LogP contribution in [0.2, 0.25) is 0 Å². The van der Waals surface area contributed by atoms with Crippen LogP contribution in [0.4, 0.5) is 0 Å². The van der Waals surface area contributed by atoms with Crippen molar-refractivity contribution in [2.75, 3.05) is 13.1 Å². The van der Waals surface area contributed by atoms with Gasteiger partial charge in [-0.15, -0.1) is 11.3 Å². The minimum atomic E-state index is -0.765. The number of thiophene rings is 1. The molecule has 2 fully saturated rings. The normalized spacial score (nSPS) is 20.4. The number of carbonyl (C=O) groups is 4. The molecule has 0 bridgehead atoms. The Bertz CT molecular complexity index is 1180. The highest BCUT2D eigenvalue weighted by Crippen LogP contribution is 2.31. The van der Waals surface area contributed by atoms with Crippen molar-refractivity contribution in [3.63, 3.8) is 0 Å². The van der Waals surface area contributed by atoms with Crippen LogP contribution in [-0.2, 0) is 14.4 Å². The number of nitrogens with one attached hydrogen (secondary N) is 1. The van der Waals surface area contributed by atoms with Gasteiger partial charge in [0.25, 0.3) is 5.91 Å². The van der Waals surface area contributed by atoms with Crippen LogP contribution >= 0.6 is 11.3 Å². The lowest BCUT2D eigenvalue weighted by Gasteiger charge is -2.29. The van der Waals surface area contributed by atoms with Crippen molar-refractivity contribution in [1.82, 2.24) is 15.1 Å². The van der Waals surface area contributed by atoms with Crippen molar-refractivity contribution in [3.05, 3.63) is 47.3 Å². The van der Waals surface area contributed by atoms with Crippen molar-refractivity contribution in [2.45, 2.75) is 77.5 Å². The number of rotatable bonds is 10. The smallest absolute Gasteiger partial charge is 0.251 e. The molecule has 1 aromatic carbocycles. The number of nitrogens with two attached hydrogens (primary N) is 1. The molecule has 3 N–H and O–H groups in total. The molecular weight excluding hydrogens is 512 g/mol. The molecule has 0 saturated carbocycles. The first-order valence-corrected chi connectivity index (χ1v) is 14.8. The molecule has 1 aromatic heterocycles. The summed E-state index contributed by atoms with van der Waals surface area (Å²) < 4.78 is 0. The fourth-order valence-electron chi connectivity index (χ4n) is 5.57. The Morgan fingerprint density at radius 1 is 1.00 bits per heavy atom. The lowest BCUT2D eigenvalue weighted by molar-refractivity contribution is -0.138. The maximum absolute atomic E-state index is 13.8. The van der Waals surface area contributed by atoms with Crippen molar-refractivity contribution < 1.29 is 19.2 Å². The number of hydrogen-bond acceptors (Lipinski definition) is 6. The van der Waals surface area contributed by atoms with Gasteiger partial charge in [-0.25, -0.2) is 0 Å². The van der Waals surface area contributed by atoms with E-state index in [-0.39, 0.29) is 42.0 Å². The molecule has 4 rings (SSSR count). The molecule has 2 aliphatic heterocycles. The Hall–Kier alpha value is -3.04. The first-order chi connectivity index (χ1) is 18.6. The van der Waals surface area contributed by atoms with Gasteiger partial charge in [0.2, 0.25) is 11.8 Å². The molecule has 210 valence electrons. The van der Waals surface area contributed by atoms with Crippen LogP contribution in [0.5, 0.6) is 0 Å². The number of nitrogens with zero attached hydrogens (tertiary/aromatic N) is 2. The van der Waals surface area contributed by atoms with Crippen LogP contribution in [0.1, 0.15) is 63.7 Å². The highest BCUT2D eigenvalue weighted by atomic mass is 32.1. The minimum Gasteiger partial charge on any atom is -0.340 e. The second-order valence-electron chi connectivity index (χ2n) is 11.6. The van der Waals surface area contributed by atoms with Crippen LogP contribution in [0.3, 0.4) is 0 Å². The maximum Gasteiger partial charge on any atom is 0.251 e. The van der Waals surface area contributed by atoms with Gasteiger partial charge in [-0.2, -0.15) is 0 Å². The average molecular weight is 553 g/mol. The SMILES string of the molecule is CC(C)CCC(N)C(=O)N1CC(=O)C2C1CCN2C(=O)C(CC(C)C)NC(=O)c1ccc(-c2cccs2)cc1. The summed E-state index contributed by atoms with van der Waals surface area (Å²) in [6, 6.07) is 8.88. The zero-order valence-electron chi connectivity index (χ0n) is 23.3. The molecule has 0 spiro atoms. The first-order valence-electron chi connectivity index (χ1n) is 13.9. The summed E-state index contributed by atoms with van der Waals surface area (Å²) in [5.74, 6) is -0.379. The molecule has 0 aliphatic carbocycles. The highest BCUT2D eigenvalue weighted by Gasteiger charge is 2.52. The molecule has 2 saturated heterocycles. The van der Waals surface area contributed by atoms with E-state index in [0.717, 1.165) is 16.9 Å². The maximum atomic E-state index is 13.8. The van der Waals surface area contributed by atoms with Gasteiger partial charge in [0.05, 0.1) is 18.6 Å².